The summed E-state index contributed by atoms with van der Waals surface area (Å²) in [5, 5.41) is 0. The highest BCUT2D eigenvalue weighted by Crippen LogP contribution is 2.28. The van der Waals surface area contributed by atoms with Gasteiger partial charge in [0, 0.05) is 26.7 Å². The summed E-state index contributed by atoms with van der Waals surface area (Å²) < 4.78 is 44.8. The molecule has 0 spiro atoms. The van der Waals surface area contributed by atoms with Crippen LogP contribution in [0.1, 0.15) is 18.4 Å². The molecule has 1 aromatic rings. The van der Waals surface area contributed by atoms with Crippen LogP contribution in [-0.4, -0.2) is 39.5 Å². The van der Waals surface area contributed by atoms with Crippen LogP contribution in [0.3, 0.4) is 0 Å². The molecule has 118 valence electrons. The van der Waals surface area contributed by atoms with Gasteiger partial charge >= 0.3 is 0 Å². The number of sulfonamides is 1. The van der Waals surface area contributed by atoms with Gasteiger partial charge in [-0.15, -0.1) is 0 Å². The largest absolute Gasteiger partial charge is 0.380 e. The number of nitrogens with zero attached hydrogens (tertiary/aromatic N) is 1. The Kier molecular flexibility index (Phi) is 5.32. The van der Waals surface area contributed by atoms with E-state index < -0.39 is 15.8 Å². The third-order valence-electron chi connectivity index (χ3n) is 3.54. The van der Waals surface area contributed by atoms with Crippen molar-refractivity contribution >= 4 is 10.0 Å². The van der Waals surface area contributed by atoms with E-state index in [1.807, 2.05) is 0 Å². The summed E-state index contributed by atoms with van der Waals surface area (Å²) in [7, 11) is -2.30. The van der Waals surface area contributed by atoms with Gasteiger partial charge in [-0.2, -0.15) is 4.31 Å². The minimum Gasteiger partial charge on any atom is -0.380 e. The number of nitrogens with two attached hydrogens (primary N) is 1. The van der Waals surface area contributed by atoms with Crippen molar-refractivity contribution in [3.8, 4) is 0 Å². The van der Waals surface area contributed by atoms with Gasteiger partial charge in [0.2, 0.25) is 10.0 Å². The van der Waals surface area contributed by atoms with Crippen molar-refractivity contribution < 1.29 is 17.5 Å². The molecule has 0 aliphatic heterocycles. The van der Waals surface area contributed by atoms with Crippen molar-refractivity contribution in [2.75, 3.05) is 26.8 Å². The van der Waals surface area contributed by atoms with E-state index in [2.05, 4.69) is 0 Å². The van der Waals surface area contributed by atoms with E-state index in [1.54, 1.807) is 0 Å². The zero-order valence-corrected chi connectivity index (χ0v) is 12.9. The molecule has 0 atom stereocenters. The molecular formula is C14H21FN2O3S. The first-order chi connectivity index (χ1) is 9.95. The Balaban J connectivity index is 2.03. The molecule has 0 amide bonds. The molecule has 2 N–H and O–H groups in total. The average Bonchev–Trinajstić information content (AvgIpc) is 3.27. The minimum atomic E-state index is -3.76. The Morgan fingerprint density at radius 1 is 1.43 bits per heavy atom. The molecule has 1 saturated carbocycles. The van der Waals surface area contributed by atoms with Crippen LogP contribution >= 0.6 is 0 Å². The summed E-state index contributed by atoms with van der Waals surface area (Å²) in [6.45, 7) is 1.29. The third kappa shape index (κ3) is 4.23. The molecule has 1 aliphatic carbocycles. The molecule has 0 bridgehead atoms. The maximum Gasteiger partial charge on any atom is 0.243 e. The predicted octanol–water partition coefficient (Wildman–Crippen LogP) is 1.33. The molecule has 0 radical (unpaired) electrons. The van der Waals surface area contributed by atoms with Crippen molar-refractivity contribution in [3.63, 3.8) is 0 Å². The van der Waals surface area contributed by atoms with Crippen LogP contribution in [0.25, 0.3) is 0 Å². The van der Waals surface area contributed by atoms with Crippen LogP contribution in [-0.2, 0) is 21.3 Å². The van der Waals surface area contributed by atoms with E-state index in [4.69, 9.17) is 10.5 Å². The highest BCUT2D eigenvalue weighted by atomic mass is 32.2. The molecule has 2 rings (SSSR count). The minimum absolute atomic E-state index is 0.0425. The van der Waals surface area contributed by atoms with Crippen LogP contribution in [0.15, 0.2) is 23.1 Å². The van der Waals surface area contributed by atoms with Crippen molar-refractivity contribution in [1.29, 1.82) is 0 Å². The molecule has 1 aliphatic rings. The lowest BCUT2D eigenvalue weighted by molar-refractivity contribution is 0.117. The Morgan fingerprint density at radius 3 is 2.76 bits per heavy atom. The maximum atomic E-state index is 13.3. The fourth-order valence-electron chi connectivity index (χ4n) is 1.95. The van der Waals surface area contributed by atoms with Gasteiger partial charge in [0.25, 0.3) is 0 Å². The first kappa shape index (κ1) is 16.4. The third-order valence-corrected chi connectivity index (χ3v) is 5.48. The number of halogens is 1. The zero-order valence-electron chi connectivity index (χ0n) is 12.1. The summed E-state index contributed by atoms with van der Waals surface area (Å²) in [6.07, 6.45) is 2.38. The van der Waals surface area contributed by atoms with Gasteiger partial charge in [-0.1, -0.05) is 6.07 Å². The van der Waals surface area contributed by atoms with Gasteiger partial charge in [-0.05, 0) is 36.5 Å². The summed E-state index contributed by atoms with van der Waals surface area (Å²) >= 11 is 0. The van der Waals surface area contributed by atoms with Gasteiger partial charge in [-0.25, -0.2) is 12.8 Å². The van der Waals surface area contributed by atoms with Crippen LogP contribution in [0.2, 0.25) is 0 Å². The van der Waals surface area contributed by atoms with Gasteiger partial charge in [0.05, 0.1) is 11.5 Å². The Morgan fingerprint density at radius 2 is 2.14 bits per heavy atom. The van der Waals surface area contributed by atoms with Crippen LogP contribution in [0, 0.1) is 11.7 Å². The molecule has 0 aromatic heterocycles. The number of likely N-dealkylation sites (N-methyl/N-ethyl adjacent to an activating group) is 1. The normalized spacial score (nSPS) is 15.6. The van der Waals surface area contributed by atoms with E-state index in [1.165, 1.54) is 36.3 Å². The molecule has 1 fully saturated rings. The summed E-state index contributed by atoms with van der Waals surface area (Å²) in [5.41, 5.74) is 5.93. The van der Waals surface area contributed by atoms with Gasteiger partial charge in [0.1, 0.15) is 5.82 Å². The molecular weight excluding hydrogens is 295 g/mol. The highest BCUT2D eigenvalue weighted by Gasteiger charge is 2.25. The van der Waals surface area contributed by atoms with E-state index >= 15 is 0 Å². The predicted molar refractivity (Wildman–Crippen MR) is 77.7 cm³/mol. The van der Waals surface area contributed by atoms with E-state index in [9.17, 15) is 12.8 Å². The van der Waals surface area contributed by atoms with E-state index in [0.29, 0.717) is 24.7 Å². The molecule has 1 aromatic carbocycles. The molecule has 21 heavy (non-hydrogen) atoms. The Labute approximate surface area is 124 Å². The van der Waals surface area contributed by atoms with Crippen LogP contribution in [0.4, 0.5) is 4.39 Å². The second-order valence-electron chi connectivity index (χ2n) is 5.30. The quantitative estimate of drug-likeness (QED) is 0.735. The fraction of sp³-hybridized carbons (Fsp3) is 0.571. The molecule has 0 saturated heterocycles. The van der Waals surface area contributed by atoms with E-state index in [0.717, 1.165) is 6.07 Å². The van der Waals surface area contributed by atoms with Crippen molar-refractivity contribution in [2.24, 2.45) is 11.7 Å². The highest BCUT2D eigenvalue weighted by molar-refractivity contribution is 7.89. The van der Waals surface area contributed by atoms with E-state index in [-0.39, 0.29) is 18.0 Å². The Hall–Kier alpha value is -1.02. The van der Waals surface area contributed by atoms with Crippen LogP contribution in [0.5, 0.6) is 0 Å². The number of benzene rings is 1. The SMILES string of the molecule is CN(CCOCC1CC1)S(=O)(=O)c1cc(F)ccc1CN. The van der Waals surface area contributed by atoms with Crippen molar-refractivity contribution in [3.05, 3.63) is 29.6 Å². The van der Waals surface area contributed by atoms with Crippen molar-refractivity contribution in [1.82, 2.24) is 4.31 Å². The molecule has 0 heterocycles. The number of hydrogen-bond acceptors (Lipinski definition) is 4. The lowest BCUT2D eigenvalue weighted by Gasteiger charge is -2.19. The van der Waals surface area contributed by atoms with Crippen LogP contribution < -0.4 is 5.73 Å². The molecule has 5 nitrogen and oxygen atoms in total. The zero-order chi connectivity index (χ0) is 15.5. The first-order valence-electron chi connectivity index (χ1n) is 6.97. The standard InChI is InChI=1S/C14H21FN2O3S/c1-17(6-7-20-10-11-2-3-11)21(18,19)14-8-13(15)5-4-12(14)9-16/h4-5,8,11H,2-3,6-7,9-10,16H2,1H3. The average molecular weight is 316 g/mol. The van der Waals surface area contributed by atoms with Crippen molar-refractivity contribution in [2.45, 2.75) is 24.3 Å². The molecule has 0 unspecified atom stereocenters. The number of ether oxygens (including phenoxy) is 1. The first-order valence-corrected chi connectivity index (χ1v) is 8.41. The topological polar surface area (TPSA) is 72.6 Å². The number of hydrogen-bond donors (Lipinski definition) is 1. The summed E-state index contributed by atoms with van der Waals surface area (Å²) in [6, 6.07) is 3.62. The monoisotopic (exact) mass is 316 g/mol. The molecule has 7 heteroatoms. The maximum absolute atomic E-state index is 13.3. The van der Waals surface area contributed by atoms with Gasteiger partial charge in [-0.3, -0.25) is 0 Å². The lowest BCUT2D eigenvalue weighted by atomic mass is 10.2. The lowest BCUT2D eigenvalue weighted by Crippen LogP contribution is -2.31. The smallest absolute Gasteiger partial charge is 0.243 e. The number of rotatable bonds is 8. The second-order valence-corrected chi connectivity index (χ2v) is 7.31. The second kappa shape index (κ2) is 6.83. The van der Waals surface area contributed by atoms with Gasteiger partial charge in [0.15, 0.2) is 0 Å². The summed E-state index contributed by atoms with van der Waals surface area (Å²) in [5.74, 6) is 0.0446. The van der Waals surface area contributed by atoms with Gasteiger partial charge < -0.3 is 10.5 Å². The summed E-state index contributed by atoms with van der Waals surface area (Å²) in [4.78, 5) is -0.0744. The Bertz CT molecular complexity index is 588. The fourth-order valence-corrected chi connectivity index (χ4v) is 3.35.